The standard InChI is InChI=1S/4C4H9.CH3O.O.2Sn.H/c4*1-3-4-2;1-2;;;;/h4*1,3-4H2,2H3;1H3;;;;/q;;;;-1;;;+1;. The Labute approximate surface area is 147 Å². The van der Waals surface area contributed by atoms with E-state index in [0.29, 0.717) is 0 Å². The van der Waals surface area contributed by atoms with Crippen LogP contribution in [-0.4, -0.2) is 46.5 Å². The van der Waals surface area contributed by atoms with E-state index in [1.165, 1.54) is 69.1 Å². The maximum absolute atomic E-state index is 6.99. The molecule has 2 nitrogen and oxygen atoms in total. The SMILES string of the molecule is CCC[CH2][SnH]([CH2]CCC)[O][Sn]([CH2]CCC)([CH2]CCC)[O]C. The van der Waals surface area contributed by atoms with Gasteiger partial charge in [-0.05, 0) is 0 Å². The van der Waals surface area contributed by atoms with Gasteiger partial charge in [0.25, 0.3) is 0 Å². The molecule has 0 N–H and O–H groups in total. The van der Waals surface area contributed by atoms with E-state index in [1.54, 1.807) is 0 Å². The van der Waals surface area contributed by atoms with E-state index < -0.39 is 39.4 Å². The molecule has 0 radical (unpaired) electrons. The van der Waals surface area contributed by atoms with Crippen molar-refractivity contribution in [3.8, 4) is 0 Å². The molecule has 0 bridgehead atoms. The molecule has 4 heteroatoms. The van der Waals surface area contributed by atoms with E-state index in [2.05, 4.69) is 27.7 Å². The molecule has 0 atom stereocenters. The summed E-state index contributed by atoms with van der Waals surface area (Å²) in [7, 11) is 1.96. The molecule has 0 unspecified atom stereocenters. The third kappa shape index (κ3) is 10.8. The van der Waals surface area contributed by atoms with E-state index in [1.807, 2.05) is 7.11 Å². The first-order valence-electron chi connectivity index (χ1n) is 9.40. The molecule has 0 rings (SSSR count). The Morgan fingerprint density at radius 1 is 0.714 bits per heavy atom. The number of hydrogen-bond donors (Lipinski definition) is 0. The van der Waals surface area contributed by atoms with Crippen molar-refractivity contribution in [3.63, 3.8) is 0 Å². The maximum atomic E-state index is 6.99. The van der Waals surface area contributed by atoms with Crippen molar-refractivity contribution < 1.29 is 4.49 Å². The van der Waals surface area contributed by atoms with Gasteiger partial charge >= 0.3 is 148 Å². The molecule has 21 heavy (non-hydrogen) atoms. The first-order chi connectivity index (χ1) is 10.2. The van der Waals surface area contributed by atoms with Crippen LogP contribution in [0.2, 0.25) is 17.7 Å². The van der Waals surface area contributed by atoms with E-state index in [4.69, 9.17) is 4.49 Å². The zero-order chi connectivity index (χ0) is 16.0. The van der Waals surface area contributed by atoms with Crippen LogP contribution in [0.25, 0.3) is 0 Å². The fraction of sp³-hybridized carbons (Fsp3) is 1.00. The number of hydrogen-bond acceptors (Lipinski definition) is 2. The summed E-state index contributed by atoms with van der Waals surface area (Å²) < 4.78 is 18.7. The van der Waals surface area contributed by atoms with Crippen molar-refractivity contribution in [1.29, 1.82) is 0 Å². The summed E-state index contributed by atoms with van der Waals surface area (Å²) in [5.41, 5.74) is 0. The Morgan fingerprint density at radius 3 is 1.48 bits per heavy atom. The topological polar surface area (TPSA) is 18.5 Å². The van der Waals surface area contributed by atoms with Gasteiger partial charge in [-0.1, -0.05) is 0 Å². The van der Waals surface area contributed by atoms with Gasteiger partial charge in [0, 0.05) is 0 Å². The molecule has 0 amide bonds. The predicted octanol–water partition coefficient (Wildman–Crippen LogP) is 6.02. The molecule has 0 saturated carbocycles. The molecule has 0 spiro atoms. The minimum absolute atomic E-state index is 1.28. The fourth-order valence-corrected chi connectivity index (χ4v) is 41.4. The molecular formula is C17H40O2Sn2. The van der Waals surface area contributed by atoms with Crippen molar-refractivity contribution in [2.24, 2.45) is 0 Å². The Morgan fingerprint density at radius 2 is 1.14 bits per heavy atom. The van der Waals surface area contributed by atoms with Gasteiger partial charge in [-0.3, -0.25) is 0 Å². The van der Waals surface area contributed by atoms with Crippen molar-refractivity contribution >= 4 is 39.4 Å². The first kappa shape index (κ1) is 22.5. The molecule has 0 aromatic carbocycles. The molecule has 0 heterocycles. The number of rotatable bonds is 15. The van der Waals surface area contributed by atoms with Gasteiger partial charge in [-0.2, -0.15) is 0 Å². The van der Waals surface area contributed by atoms with Crippen LogP contribution in [0.5, 0.6) is 0 Å². The Bertz CT molecular complexity index is 209. The van der Waals surface area contributed by atoms with Crippen LogP contribution >= 0.6 is 0 Å². The summed E-state index contributed by atoms with van der Waals surface area (Å²) in [5.74, 6) is 0. The molecule has 0 saturated heterocycles. The van der Waals surface area contributed by atoms with Crippen LogP contribution in [0.15, 0.2) is 0 Å². The van der Waals surface area contributed by atoms with Crippen LogP contribution in [0.1, 0.15) is 79.1 Å². The van der Waals surface area contributed by atoms with Crippen molar-refractivity contribution in [3.05, 3.63) is 0 Å². The first-order valence-corrected chi connectivity index (χ1v) is 21.8. The van der Waals surface area contributed by atoms with Gasteiger partial charge in [0.15, 0.2) is 0 Å². The average molecular weight is 514 g/mol. The van der Waals surface area contributed by atoms with Crippen molar-refractivity contribution in [2.75, 3.05) is 7.11 Å². The summed E-state index contributed by atoms with van der Waals surface area (Å²) >= 11 is -4.51. The summed E-state index contributed by atoms with van der Waals surface area (Å²) in [4.78, 5) is 0. The molecular weight excluding hydrogens is 474 g/mol. The van der Waals surface area contributed by atoms with Gasteiger partial charge in [-0.15, -0.1) is 0 Å². The molecule has 0 aliphatic carbocycles. The molecule has 0 aliphatic rings. The molecule has 0 fully saturated rings. The zero-order valence-electron chi connectivity index (χ0n) is 15.4. The molecule has 0 aromatic heterocycles. The van der Waals surface area contributed by atoms with E-state index in [0.717, 1.165) is 0 Å². The van der Waals surface area contributed by atoms with E-state index in [-0.39, 0.29) is 0 Å². The Kier molecular flexibility index (Phi) is 16.2. The third-order valence-electron chi connectivity index (χ3n) is 4.34. The second-order valence-electron chi connectivity index (χ2n) is 6.35. The minimum atomic E-state index is -2.72. The monoisotopic (exact) mass is 516 g/mol. The fourth-order valence-electron chi connectivity index (χ4n) is 2.82. The number of unbranched alkanes of at least 4 members (excludes halogenated alkanes) is 4. The van der Waals surface area contributed by atoms with Gasteiger partial charge in [0.1, 0.15) is 0 Å². The van der Waals surface area contributed by atoms with Crippen LogP contribution in [0.4, 0.5) is 0 Å². The van der Waals surface area contributed by atoms with Crippen LogP contribution in [0.3, 0.4) is 0 Å². The van der Waals surface area contributed by atoms with Gasteiger partial charge in [-0.25, -0.2) is 0 Å². The van der Waals surface area contributed by atoms with Crippen LogP contribution < -0.4 is 0 Å². The van der Waals surface area contributed by atoms with Gasteiger partial charge < -0.3 is 0 Å². The Balaban J connectivity index is 4.71. The van der Waals surface area contributed by atoms with Crippen LogP contribution in [0, 0.1) is 0 Å². The summed E-state index contributed by atoms with van der Waals surface area (Å²) in [6, 6.07) is 0. The third-order valence-corrected chi connectivity index (χ3v) is 35.6. The van der Waals surface area contributed by atoms with Crippen LogP contribution in [-0.2, 0) is 4.49 Å². The van der Waals surface area contributed by atoms with Crippen molar-refractivity contribution in [1.82, 2.24) is 0 Å². The summed E-state index contributed by atoms with van der Waals surface area (Å²) in [6.45, 7) is 9.20. The second kappa shape index (κ2) is 15.1. The van der Waals surface area contributed by atoms with Gasteiger partial charge in [0.05, 0.1) is 0 Å². The Hall–Kier alpha value is 1.52. The molecule has 0 aliphatic heterocycles. The zero-order valence-corrected chi connectivity index (χ0v) is 21.5. The quantitative estimate of drug-likeness (QED) is 0.249. The van der Waals surface area contributed by atoms with E-state index >= 15 is 0 Å². The average Bonchev–Trinajstić information content (AvgIpc) is 2.52. The van der Waals surface area contributed by atoms with Crippen molar-refractivity contribution in [2.45, 2.75) is 96.8 Å². The molecule has 128 valence electrons. The second-order valence-corrected chi connectivity index (χ2v) is 27.6. The summed E-state index contributed by atoms with van der Waals surface area (Å²) in [6.07, 6.45) is 10.6. The normalized spacial score (nSPS) is 12.3. The van der Waals surface area contributed by atoms with E-state index in [9.17, 15) is 0 Å². The summed E-state index contributed by atoms with van der Waals surface area (Å²) in [5, 5.41) is 0. The predicted molar refractivity (Wildman–Crippen MR) is 99.9 cm³/mol. The molecule has 0 aromatic rings. The van der Waals surface area contributed by atoms with Gasteiger partial charge in [0.2, 0.25) is 0 Å².